The normalized spacial score (nSPS) is 15.9. The molecule has 5 nitrogen and oxygen atoms in total. The number of ether oxygens (including phenoxy) is 2. The van der Waals surface area contributed by atoms with E-state index in [-0.39, 0.29) is 0 Å². The lowest BCUT2D eigenvalue weighted by Crippen LogP contribution is -2.18. The van der Waals surface area contributed by atoms with E-state index in [1.807, 2.05) is 29.1 Å². The van der Waals surface area contributed by atoms with Gasteiger partial charge in [-0.2, -0.15) is 5.10 Å². The lowest BCUT2D eigenvalue weighted by molar-refractivity contribution is 0.354. The van der Waals surface area contributed by atoms with Crippen LogP contribution in [-0.2, 0) is 0 Å². The summed E-state index contributed by atoms with van der Waals surface area (Å²) in [6.45, 7) is 0. The molecule has 0 bridgehead atoms. The zero-order chi connectivity index (χ0) is 20.1. The highest BCUT2D eigenvalue weighted by Crippen LogP contribution is 2.30. The molecule has 2 aromatic heterocycles. The zero-order valence-corrected chi connectivity index (χ0v) is 18.3. The molecule has 1 aromatic carbocycles. The molecule has 0 N–H and O–H groups in total. The molecule has 0 spiro atoms. The highest BCUT2D eigenvalue weighted by Gasteiger charge is 2.14. The van der Waals surface area contributed by atoms with Gasteiger partial charge in [-0.05, 0) is 36.4 Å². The Balaban J connectivity index is 1.76. The van der Waals surface area contributed by atoms with Gasteiger partial charge in [-0.15, -0.1) is 22.7 Å². The van der Waals surface area contributed by atoms with Crippen LogP contribution in [0.3, 0.4) is 0 Å². The van der Waals surface area contributed by atoms with Gasteiger partial charge in [0.15, 0.2) is 11.5 Å². The summed E-state index contributed by atoms with van der Waals surface area (Å²) < 4.78 is 12.9. The zero-order valence-electron chi connectivity index (χ0n) is 16.7. The van der Waals surface area contributed by atoms with Crippen molar-refractivity contribution in [3.8, 4) is 22.1 Å². The van der Waals surface area contributed by atoms with Gasteiger partial charge in [0, 0.05) is 10.9 Å². The van der Waals surface area contributed by atoms with E-state index in [9.17, 15) is 0 Å². The van der Waals surface area contributed by atoms with Crippen molar-refractivity contribution in [2.24, 2.45) is 10.1 Å². The van der Waals surface area contributed by atoms with E-state index < -0.39 is 0 Å². The molecule has 2 heterocycles. The SMILES string of the molecule is COc1cccc(C=Nn2c(-c3cccs3)csc2=NC2CCCCC2)c1OC. The number of hydrogen-bond acceptors (Lipinski definition) is 6. The molecule has 7 heteroatoms. The predicted octanol–water partition coefficient (Wildman–Crippen LogP) is 5.41. The monoisotopic (exact) mass is 427 g/mol. The second-order valence-electron chi connectivity index (χ2n) is 6.94. The van der Waals surface area contributed by atoms with Gasteiger partial charge in [-0.3, -0.25) is 4.99 Å². The average Bonchev–Trinajstić information content (AvgIpc) is 3.42. The van der Waals surface area contributed by atoms with Crippen molar-refractivity contribution >= 4 is 28.9 Å². The minimum Gasteiger partial charge on any atom is -0.493 e. The second-order valence-corrected chi connectivity index (χ2v) is 8.73. The quantitative estimate of drug-likeness (QED) is 0.494. The fourth-order valence-corrected chi connectivity index (χ4v) is 5.30. The molecule has 0 radical (unpaired) electrons. The van der Waals surface area contributed by atoms with Crippen LogP contribution in [0.25, 0.3) is 10.6 Å². The molecule has 1 saturated carbocycles. The van der Waals surface area contributed by atoms with Gasteiger partial charge < -0.3 is 9.47 Å². The third-order valence-corrected chi connectivity index (χ3v) is 6.80. The Labute approximate surface area is 179 Å². The van der Waals surface area contributed by atoms with Crippen molar-refractivity contribution in [3.63, 3.8) is 0 Å². The third kappa shape index (κ3) is 4.46. The molecule has 1 fully saturated rings. The Morgan fingerprint density at radius 2 is 1.90 bits per heavy atom. The Morgan fingerprint density at radius 1 is 1.03 bits per heavy atom. The molecular weight excluding hydrogens is 402 g/mol. The number of benzene rings is 1. The van der Waals surface area contributed by atoms with Gasteiger partial charge in [0.1, 0.15) is 0 Å². The first-order chi connectivity index (χ1) is 14.3. The highest BCUT2D eigenvalue weighted by molar-refractivity contribution is 7.14. The van der Waals surface area contributed by atoms with Crippen molar-refractivity contribution in [2.45, 2.75) is 38.1 Å². The average molecular weight is 428 g/mol. The Kier molecular flexibility index (Phi) is 6.46. The van der Waals surface area contributed by atoms with Gasteiger partial charge >= 0.3 is 0 Å². The van der Waals surface area contributed by atoms with Crippen LogP contribution in [0.1, 0.15) is 37.7 Å². The molecule has 3 aromatic rings. The number of nitrogens with zero attached hydrogens (tertiary/aromatic N) is 3. The van der Waals surface area contributed by atoms with Crippen molar-refractivity contribution in [1.82, 2.24) is 4.68 Å². The lowest BCUT2D eigenvalue weighted by atomic mass is 9.96. The van der Waals surface area contributed by atoms with E-state index in [0.717, 1.165) is 16.1 Å². The second kappa shape index (κ2) is 9.41. The lowest BCUT2D eigenvalue weighted by Gasteiger charge is -2.16. The number of para-hydroxylation sites is 1. The van der Waals surface area contributed by atoms with Gasteiger partial charge in [-0.1, -0.05) is 31.4 Å². The maximum Gasteiger partial charge on any atom is 0.206 e. The maximum atomic E-state index is 5.55. The molecule has 29 heavy (non-hydrogen) atoms. The van der Waals surface area contributed by atoms with Gasteiger partial charge in [0.25, 0.3) is 0 Å². The fourth-order valence-electron chi connectivity index (χ4n) is 3.59. The molecule has 0 saturated heterocycles. The first kappa shape index (κ1) is 19.9. The topological polar surface area (TPSA) is 48.1 Å². The largest absolute Gasteiger partial charge is 0.493 e. The van der Waals surface area contributed by atoms with Gasteiger partial charge in [0.2, 0.25) is 4.80 Å². The van der Waals surface area contributed by atoms with Crippen molar-refractivity contribution in [3.05, 3.63) is 51.5 Å². The van der Waals surface area contributed by atoms with E-state index in [1.165, 1.54) is 37.0 Å². The van der Waals surface area contributed by atoms with Crippen LogP contribution in [0.15, 0.2) is 51.2 Å². The number of hydrogen-bond donors (Lipinski definition) is 0. The maximum absolute atomic E-state index is 5.55. The minimum absolute atomic E-state index is 0.395. The van der Waals surface area contributed by atoms with Gasteiger partial charge in [0.05, 0.1) is 37.0 Å². The molecule has 0 unspecified atom stereocenters. The number of thiophene rings is 1. The summed E-state index contributed by atoms with van der Waals surface area (Å²) in [7, 11) is 3.29. The Morgan fingerprint density at radius 3 is 2.62 bits per heavy atom. The van der Waals surface area contributed by atoms with E-state index >= 15 is 0 Å². The van der Waals surface area contributed by atoms with E-state index in [2.05, 4.69) is 22.9 Å². The smallest absolute Gasteiger partial charge is 0.206 e. The molecule has 0 aliphatic heterocycles. The first-order valence-corrected chi connectivity index (χ1v) is 11.6. The third-order valence-electron chi connectivity index (χ3n) is 5.07. The summed E-state index contributed by atoms with van der Waals surface area (Å²) in [6, 6.07) is 10.4. The minimum atomic E-state index is 0.395. The van der Waals surface area contributed by atoms with Gasteiger partial charge in [-0.25, -0.2) is 4.68 Å². The summed E-state index contributed by atoms with van der Waals surface area (Å²) in [6.07, 6.45) is 8.01. The van der Waals surface area contributed by atoms with Crippen molar-refractivity contribution < 1.29 is 9.47 Å². The van der Waals surface area contributed by atoms with E-state index in [4.69, 9.17) is 19.6 Å². The molecular formula is C22H25N3O2S2. The summed E-state index contributed by atoms with van der Waals surface area (Å²) in [5.74, 6) is 1.37. The molecule has 4 rings (SSSR count). The molecule has 1 aliphatic carbocycles. The van der Waals surface area contributed by atoms with Crippen LogP contribution < -0.4 is 14.3 Å². The summed E-state index contributed by atoms with van der Waals surface area (Å²) in [5, 5.41) is 9.06. The van der Waals surface area contributed by atoms with Crippen molar-refractivity contribution in [2.75, 3.05) is 14.2 Å². The van der Waals surface area contributed by atoms with Crippen LogP contribution in [-0.4, -0.2) is 31.2 Å². The van der Waals surface area contributed by atoms with E-state index in [0.29, 0.717) is 17.5 Å². The molecule has 0 amide bonds. The van der Waals surface area contributed by atoms with Crippen LogP contribution in [0.4, 0.5) is 0 Å². The summed E-state index contributed by atoms with van der Waals surface area (Å²) >= 11 is 3.36. The number of thiazole rings is 1. The predicted molar refractivity (Wildman–Crippen MR) is 121 cm³/mol. The molecule has 1 aliphatic rings. The first-order valence-electron chi connectivity index (χ1n) is 9.83. The van der Waals surface area contributed by atoms with Crippen molar-refractivity contribution in [1.29, 1.82) is 0 Å². The standard InChI is InChI=1S/C22H25N3O2S2/c1-26-19-11-6-8-16(21(19)27-2)14-23-25-18(20-12-7-13-28-20)15-29-22(25)24-17-9-4-3-5-10-17/h6-8,11-15,17H,3-5,9-10H2,1-2H3. The van der Waals surface area contributed by atoms with Crippen LogP contribution in [0, 0.1) is 0 Å². The highest BCUT2D eigenvalue weighted by atomic mass is 32.1. The Bertz CT molecular complexity index is 1030. The summed E-state index contributed by atoms with van der Waals surface area (Å²) in [4.78, 5) is 7.18. The number of aromatic nitrogens is 1. The number of rotatable bonds is 6. The molecule has 0 atom stereocenters. The van der Waals surface area contributed by atoms with Crippen LogP contribution >= 0.6 is 22.7 Å². The summed E-state index contributed by atoms with van der Waals surface area (Å²) in [5.41, 5.74) is 1.93. The van der Waals surface area contributed by atoms with Crippen LogP contribution in [0.5, 0.6) is 11.5 Å². The Hall–Kier alpha value is -2.38. The fraction of sp³-hybridized carbons (Fsp3) is 0.364. The van der Waals surface area contributed by atoms with Crippen LogP contribution in [0.2, 0.25) is 0 Å². The van der Waals surface area contributed by atoms with E-state index in [1.54, 1.807) is 36.9 Å². The molecule has 152 valence electrons. The number of methoxy groups -OCH3 is 2.